The van der Waals surface area contributed by atoms with Gasteiger partial charge >= 0.3 is 5.97 Å². The molecule has 0 aliphatic carbocycles. The zero-order valence-corrected chi connectivity index (χ0v) is 26.9. The molecule has 0 aromatic rings. The number of unbranched alkanes of at least 4 members (excludes halogenated alkanes) is 20. The highest BCUT2D eigenvalue weighted by molar-refractivity contribution is 6.72. The van der Waals surface area contributed by atoms with Crippen molar-refractivity contribution in [3.8, 4) is 0 Å². The summed E-state index contributed by atoms with van der Waals surface area (Å²) in [5, 5.41) is -1.44. The molecule has 0 saturated heterocycles. The van der Waals surface area contributed by atoms with Crippen molar-refractivity contribution < 1.29 is 19.1 Å². The Morgan fingerprint density at radius 1 is 0.590 bits per heavy atom. The molecule has 0 bridgehead atoms. The van der Waals surface area contributed by atoms with Crippen LogP contribution in [0.15, 0.2) is 12.7 Å². The lowest BCUT2D eigenvalue weighted by molar-refractivity contribution is -0.137. The highest BCUT2D eigenvalue weighted by atomic mass is 35.5. The van der Waals surface area contributed by atoms with Gasteiger partial charge in [0, 0.05) is 6.08 Å². The standard InChI is InChI=1S/C15H28O2.C14H31N.C3H2Cl2O2/c1-3-5-6-7-8-9-10-11-12-13-14-17-15(16)4-2;1-2-3-4-5-6-7-8-9-10-11-12-13-14-15;4-2(6)1-3(5)7/h4H,2-3,5-14H2,1H3;2-15H2,1H3;1H2. The van der Waals surface area contributed by atoms with Crippen LogP contribution in [0.2, 0.25) is 0 Å². The Labute approximate surface area is 251 Å². The van der Waals surface area contributed by atoms with Crippen molar-refractivity contribution >= 4 is 39.7 Å². The van der Waals surface area contributed by atoms with E-state index in [1.165, 1.54) is 141 Å². The van der Waals surface area contributed by atoms with Crippen molar-refractivity contribution in [3.05, 3.63) is 12.7 Å². The smallest absolute Gasteiger partial charge is 0.330 e. The van der Waals surface area contributed by atoms with Gasteiger partial charge in [-0.15, -0.1) is 0 Å². The summed E-state index contributed by atoms with van der Waals surface area (Å²) >= 11 is 9.46. The summed E-state index contributed by atoms with van der Waals surface area (Å²) in [5.74, 6) is -0.305. The second kappa shape index (κ2) is 39.2. The zero-order valence-electron chi connectivity index (χ0n) is 25.4. The molecule has 2 N–H and O–H groups in total. The molecule has 0 aromatic carbocycles. The first-order chi connectivity index (χ1) is 18.8. The molecule has 0 unspecified atom stereocenters. The lowest BCUT2D eigenvalue weighted by Gasteiger charge is -2.03. The van der Waals surface area contributed by atoms with E-state index >= 15 is 0 Å². The Morgan fingerprint density at radius 2 is 0.897 bits per heavy atom. The van der Waals surface area contributed by atoms with Crippen molar-refractivity contribution in [1.82, 2.24) is 0 Å². The average Bonchev–Trinajstić information content (AvgIpc) is 2.90. The number of hydrogen-bond acceptors (Lipinski definition) is 5. The number of ether oxygens (including phenoxy) is 1. The maximum Gasteiger partial charge on any atom is 0.330 e. The van der Waals surface area contributed by atoms with Crippen LogP contribution in [0.25, 0.3) is 0 Å². The fourth-order valence-corrected chi connectivity index (χ4v) is 4.23. The Kier molecular flexibility index (Phi) is 42.8. The molecule has 0 heterocycles. The van der Waals surface area contributed by atoms with Crippen LogP contribution < -0.4 is 5.73 Å². The second-order valence-electron chi connectivity index (χ2n) is 10.1. The van der Waals surface area contributed by atoms with E-state index in [0.717, 1.165) is 13.0 Å². The molecule has 5 nitrogen and oxygen atoms in total. The molecule has 0 rings (SSSR count). The Hall–Kier alpha value is -0.910. The zero-order chi connectivity index (χ0) is 29.8. The van der Waals surface area contributed by atoms with Crippen molar-refractivity contribution in [2.24, 2.45) is 5.73 Å². The van der Waals surface area contributed by atoms with Gasteiger partial charge in [-0.05, 0) is 42.6 Å². The molecule has 0 aliphatic heterocycles. The molecule has 0 saturated carbocycles. The molecule has 0 atom stereocenters. The average molecular weight is 595 g/mol. The fraction of sp³-hybridized carbons (Fsp3) is 0.844. The highest BCUT2D eigenvalue weighted by Gasteiger charge is 2.00. The van der Waals surface area contributed by atoms with Gasteiger partial charge in [0.05, 0.1) is 13.0 Å². The first kappa shape index (κ1) is 42.6. The van der Waals surface area contributed by atoms with Crippen LogP contribution in [-0.2, 0) is 19.1 Å². The first-order valence-corrected chi connectivity index (χ1v) is 16.5. The number of carbonyl (C=O) groups excluding carboxylic acids is 3. The third kappa shape index (κ3) is 50.4. The van der Waals surface area contributed by atoms with Crippen LogP contribution in [0.4, 0.5) is 0 Å². The minimum atomic E-state index is -0.722. The number of carbonyl (C=O) groups is 3. The highest BCUT2D eigenvalue weighted by Crippen LogP contribution is 2.12. The Bertz CT molecular complexity index is 520. The van der Waals surface area contributed by atoms with Gasteiger partial charge in [-0.1, -0.05) is 149 Å². The molecule has 0 aromatic heterocycles. The predicted molar refractivity (Wildman–Crippen MR) is 169 cm³/mol. The van der Waals surface area contributed by atoms with E-state index in [1.54, 1.807) is 0 Å². The van der Waals surface area contributed by atoms with Crippen molar-refractivity contribution in [2.45, 2.75) is 162 Å². The minimum absolute atomic E-state index is 0.305. The van der Waals surface area contributed by atoms with Gasteiger partial charge in [0.1, 0.15) is 0 Å². The summed E-state index contributed by atoms with van der Waals surface area (Å²) in [6.07, 6.45) is 30.7. The molecule has 0 radical (unpaired) electrons. The first-order valence-electron chi connectivity index (χ1n) is 15.7. The predicted octanol–water partition coefficient (Wildman–Crippen LogP) is 10.2. The Morgan fingerprint density at radius 3 is 1.15 bits per heavy atom. The van der Waals surface area contributed by atoms with Gasteiger partial charge < -0.3 is 10.5 Å². The topological polar surface area (TPSA) is 86.5 Å². The van der Waals surface area contributed by atoms with E-state index in [9.17, 15) is 14.4 Å². The van der Waals surface area contributed by atoms with Crippen molar-refractivity contribution in [2.75, 3.05) is 13.2 Å². The number of rotatable bonds is 26. The van der Waals surface area contributed by atoms with E-state index in [1.807, 2.05) is 0 Å². The molecule has 0 amide bonds. The quantitative estimate of drug-likeness (QED) is 0.0354. The molecular weight excluding hydrogens is 533 g/mol. The van der Waals surface area contributed by atoms with Crippen LogP contribution in [0.5, 0.6) is 0 Å². The lowest BCUT2D eigenvalue weighted by atomic mass is 10.1. The monoisotopic (exact) mass is 593 g/mol. The summed E-state index contributed by atoms with van der Waals surface area (Å²) in [6.45, 7) is 9.30. The summed E-state index contributed by atoms with van der Waals surface area (Å²) in [7, 11) is 0. The number of nitrogens with two attached hydrogens (primary N) is 1. The van der Waals surface area contributed by atoms with Gasteiger partial charge in [-0.3, -0.25) is 9.59 Å². The van der Waals surface area contributed by atoms with Crippen molar-refractivity contribution in [3.63, 3.8) is 0 Å². The van der Waals surface area contributed by atoms with Gasteiger partial charge in [0.15, 0.2) is 0 Å². The molecule has 7 heteroatoms. The molecule has 0 spiro atoms. The summed E-state index contributed by atoms with van der Waals surface area (Å²) in [4.78, 5) is 30.2. The number of esters is 1. The fourth-order valence-electron chi connectivity index (χ4n) is 3.92. The van der Waals surface area contributed by atoms with Crippen LogP contribution in [-0.4, -0.2) is 29.6 Å². The SMILES string of the molecule is C=CC(=O)OCCCCCCCCCCCC.CCCCCCCCCCCCCCN.O=C(Cl)CC(=O)Cl. The number of hydrogen-bond donors (Lipinski definition) is 1. The summed E-state index contributed by atoms with van der Waals surface area (Å²) < 4.78 is 4.91. The van der Waals surface area contributed by atoms with E-state index in [4.69, 9.17) is 33.7 Å². The molecule has 0 fully saturated rings. The second-order valence-corrected chi connectivity index (χ2v) is 11.0. The summed E-state index contributed by atoms with van der Waals surface area (Å²) in [6, 6.07) is 0. The van der Waals surface area contributed by atoms with Gasteiger partial charge in [0.25, 0.3) is 0 Å². The van der Waals surface area contributed by atoms with Crippen LogP contribution in [0, 0.1) is 0 Å². The molecule has 0 aliphatic rings. The third-order valence-corrected chi connectivity index (χ3v) is 6.51. The van der Waals surface area contributed by atoms with Gasteiger partial charge in [-0.2, -0.15) is 0 Å². The van der Waals surface area contributed by atoms with E-state index < -0.39 is 10.5 Å². The van der Waals surface area contributed by atoms with E-state index in [-0.39, 0.29) is 12.4 Å². The minimum Gasteiger partial charge on any atom is -0.463 e. The van der Waals surface area contributed by atoms with Crippen molar-refractivity contribution in [1.29, 1.82) is 0 Å². The van der Waals surface area contributed by atoms with Gasteiger partial charge in [0.2, 0.25) is 10.5 Å². The van der Waals surface area contributed by atoms with Crippen LogP contribution >= 0.6 is 23.2 Å². The third-order valence-electron chi connectivity index (χ3n) is 6.24. The molecule has 232 valence electrons. The molecular formula is C32H61Cl2NO4. The van der Waals surface area contributed by atoms with E-state index in [2.05, 4.69) is 20.4 Å². The maximum absolute atomic E-state index is 10.7. The lowest BCUT2D eigenvalue weighted by Crippen LogP contribution is -2.01. The molecule has 39 heavy (non-hydrogen) atoms. The summed E-state index contributed by atoms with van der Waals surface area (Å²) in [5.41, 5.74) is 5.45. The van der Waals surface area contributed by atoms with Crippen LogP contribution in [0.3, 0.4) is 0 Å². The number of halogens is 2. The largest absolute Gasteiger partial charge is 0.463 e. The normalized spacial score (nSPS) is 10.1. The van der Waals surface area contributed by atoms with Gasteiger partial charge in [-0.25, -0.2) is 4.79 Å². The van der Waals surface area contributed by atoms with Crippen LogP contribution in [0.1, 0.15) is 162 Å². The maximum atomic E-state index is 10.7. The Balaban J connectivity index is -0.000000539. The van der Waals surface area contributed by atoms with E-state index in [0.29, 0.717) is 6.61 Å².